The zero-order valence-electron chi connectivity index (χ0n) is 11.9. The standard InChI is InChI=1S/C16H17FN2O2/c1-3-21-13-6-4-12(5-7-13)19-16(20)14-9-11(18)8-10(2)15(14)17/h4-9H,3,18H2,1-2H3,(H,19,20). The van der Waals surface area contributed by atoms with Crippen LogP contribution in [-0.4, -0.2) is 12.5 Å². The van der Waals surface area contributed by atoms with Gasteiger partial charge >= 0.3 is 0 Å². The number of carbonyl (C=O) groups is 1. The molecule has 1 amide bonds. The third-order valence-electron chi connectivity index (χ3n) is 2.94. The summed E-state index contributed by atoms with van der Waals surface area (Å²) in [5, 5.41) is 2.63. The number of nitrogens with one attached hydrogen (secondary N) is 1. The predicted molar refractivity (Wildman–Crippen MR) is 81.1 cm³/mol. The number of rotatable bonds is 4. The van der Waals surface area contributed by atoms with Crippen LogP contribution in [0.1, 0.15) is 22.8 Å². The largest absolute Gasteiger partial charge is 0.494 e. The van der Waals surface area contributed by atoms with Crippen molar-refractivity contribution in [3.8, 4) is 5.75 Å². The third-order valence-corrected chi connectivity index (χ3v) is 2.94. The van der Waals surface area contributed by atoms with Crippen LogP contribution in [0.5, 0.6) is 5.75 Å². The Morgan fingerprint density at radius 3 is 2.57 bits per heavy atom. The number of hydrogen-bond donors (Lipinski definition) is 2. The number of nitrogen functional groups attached to an aromatic ring is 1. The Bertz CT molecular complexity index is 654. The van der Waals surface area contributed by atoms with Crippen LogP contribution in [0, 0.1) is 12.7 Å². The smallest absolute Gasteiger partial charge is 0.258 e. The van der Waals surface area contributed by atoms with Gasteiger partial charge in [0.15, 0.2) is 0 Å². The molecule has 0 aliphatic heterocycles. The first-order valence-electron chi connectivity index (χ1n) is 6.61. The highest BCUT2D eigenvalue weighted by atomic mass is 19.1. The summed E-state index contributed by atoms with van der Waals surface area (Å²) >= 11 is 0. The van der Waals surface area contributed by atoms with Gasteiger partial charge in [-0.25, -0.2) is 4.39 Å². The molecule has 110 valence electrons. The van der Waals surface area contributed by atoms with Crippen LogP contribution in [-0.2, 0) is 0 Å². The molecule has 0 heterocycles. The number of nitrogens with two attached hydrogens (primary N) is 1. The van der Waals surface area contributed by atoms with E-state index in [9.17, 15) is 9.18 Å². The average molecular weight is 288 g/mol. The number of halogens is 1. The van der Waals surface area contributed by atoms with Gasteiger partial charge in [0, 0.05) is 11.4 Å². The number of hydrogen-bond acceptors (Lipinski definition) is 3. The Kier molecular flexibility index (Phi) is 4.42. The Morgan fingerprint density at radius 2 is 1.95 bits per heavy atom. The minimum Gasteiger partial charge on any atom is -0.494 e. The monoisotopic (exact) mass is 288 g/mol. The topological polar surface area (TPSA) is 64.3 Å². The zero-order valence-corrected chi connectivity index (χ0v) is 11.9. The SMILES string of the molecule is CCOc1ccc(NC(=O)c2cc(N)cc(C)c2F)cc1. The highest BCUT2D eigenvalue weighted by Crippen LogP contribution is 2.20. The van der Waals surface area contributed by atoms with Crippen molar-refractivity contribution in [3.05, 3.63) is 53.3 Å². The molecule has 0 radical (unpaired) electrons. The van der Waals surface area contributed by atoms with Gasteiger partial charge in [0.2, 0.25) is 0 Å². The zero-order chi connectivity index (χ0) is 15.4. The summed E-state index contributed by atoms with van der Waals surface area (Å²) in [6.07, 6.45) is 0. The Balaban J connectivity index is 2.18. The van der Waals surface area contributed by atoms with Crippen LogP contribution in [0.3, 0.4) is 0 Å². The number of aryl methyl sites for hydroxylation is 1. The number of carbonyl (C=O) groups excluding carboxylic acids is 1. The van der Waals surface area contributed by atoms with Crippen molar-refractivity contribution < 1.29 is 13.9 Å². The molecule has 4 nitrogen and oxygen atoms in total. The molecule has 0 spiro atoms. The molecule has 0 saturated carbocycles. The lowest BCUT2D eigenvalue weighted by Crippen LogP contribution is -2.15. The van der Waals surface area contributed by atoms with E-state index in [0.717, 1.165) is 0 Å². The normalized spacial score (nSPS) is 10.2. The van der Waals surface area contributed by atoms with Crippen molar-refractivity contribution in [2.75, 3.05) is 17.7 Å². The highest BCUT2D eigenvalue weighted by molar-refractivity contribution is 6.05. The van der Waals surface area contributed by atoms with Crippen molar-refractivity contribution in [1.29, 1.82) is 0 Å². The summed E-state index contributed by atoms with van der Waals surface area (Å²) in [6.45, 7) is 4.03. The van der Waals surface area contributed by atoms with E-state index in [0.29, 0.717) is 29.3 Å². The minimum absolute atomic E-state index is 0.0682. The molecule has 0 atom stereocenters. The molecule has 2 aromatic rings. The van der Waals surface area contributed by atoms with E-state index < -0.39 is 11.7 Å². The number of amides is 1. The van der Waals surface area contributed by atoms with Gasteiger partial charge in [-0.15, -0.1) is 0 Å². The maximum Gasteiger partial charge on any atom is 0.258 e. The van der Waals surface area contributed by atoms with Gasteiger partial charge in [-0.1, -0.05) is 0 Å². The summed E-state index contributed by atoms with van der Waals surface area (Å²) in [5.41, 5.74) is 6.83. The van der Waals surface area contributed by atoms with Gasteiger partial charge in [0.05, 0.1) is 12.2 Å². The van der Waals surface area contributed by atoms with E-state index in [4.69, 9.17) is 10.5 Å². The first-order valence-corrected chi connectivity index (χ1v) is 6.61. The lowest BCUT2D eigenvalue weighted by molar-refractivity contribution is 0.102. The van der Waals surface area contributed by atoms with Gasteiger partial charge in [-0.05, 0) is 55.8 Å². The molecule has 0 unspecified atom stereocenters. The minimum atomic E-state index is -0.562. The Labute approximate surface area is 122 Å². The molecule has 0 saturated heterocycles. The van der Waals surface area contributed by atoms with Crippen LogP contribution in [0.25, 0.3) is 0 Å². The molecule has 21 heavy (non-hydrogen) atoms. The van der Waals surface area contributed by atoms with E-state index >= 15 is 0 Å². The lowest BCUT2D eigenvalue weighted by Gasteiger charge is -2.09. The first-order chi connectivity index (χ1) is 10.0. The molecule has 0 aromatic heterocycles. The molecule has 3 N–H and O–H groups in total. The van der Waals surface area contributed by atoms with Gasteiger partial charge in [0.1, 0.15) is 11.6 Å². The second-order valence-electron chi connectivity index (χ2n) is 4.61. The van der Waals surface area contributed by atoms with E-state index in [1.165, 1.54) is 12.1 Å². The predicted octanol–water partition coefficient (Wildman–Crippen LogP) is 3.37. The van der Waals surface area contributed by atoms with E-state index in [2.05, 4.69) is 5.32 Å². The fourth-order valence-electron chi connectivity index (χ4n) is 1.96. The molecule has 2 rings (SSSR count). The fraction of sp³-hybridized carbons (Fsp3) is 0.188. The Morgan fingerprint density at radius 1 is 1.29 bits per heavy atom. The third kappa shape index (κ3) is 3.51. The van der Waals surface area contributed by atoms with Crippen molar-refractivity contribution >= 4 is 17.3 Å². The fourth-order valence-corrected chi connectivity index (χ4v) is 1.96. The van der Waals surface area contributed by atoms with Crippen LogP contribution >= 0.6 is 0 Å². The Hall–Kier alpha value is -2.56. The van der Waals surface area contributed by atoms with Crippen LogP contribution < -0.4 is 15.8 Å². The van der Waals surface area contributed by atoms with Crippen LogP contribution in [0.4, 0.5) is 15.8 Å². The van der Waals surface area contributed by atoms with Crippen molar-refractivity contribution in [2.45, 2.75) is 13.8 Å². The van der Waals surface area contributed by atoms with E-state index in [1.807, 2.05) is 6.92 Å². The van der Waals surface area contributed by atoms with Gasteiger partial charge in [-0.2, -0.15) is 0 Å². The molecular formula is C16H17FN2O2. The van der Waals surface area contributed by atoms with Gasteiger partial charge in [0.25, 0.3) is 5.91 Å². The molecule has 0 fully saturated rings. The summed E-state index contributed by atoms with van der Waals surface area (Å²) in [6, 6.07) is 9.68. The van der Waals surface area contributed by atoms with Crippen molar-refractivity contribution in [2.24, 2.45) is 0 Å². The molecule has 0 aliphatic carbocycles. The van der Waals surface area contributed by atoms with Crippen molar-refractivity contribution in [1.82, 2.24) is 0 Å². The molecule has 5 heteroatoms. The number of ether oxygens (including phenoxy) is 1. The van der Waals surface area contributed by atoms with E-state index in [-0.39, 0.29) is 5.56 Å². The second kappa shape index (κ2) is 6.26. The maximum absolute atomic E-state index is 14.0. The quantitative estimate of drug-likeness (QED) is 0.848. The van der Waals surface area contributed by atoms with Gasteiger partial charge in [-0.3, -0.25) is 4.79 Å². The summed E-state index contributed by atoms with van der Waals surface area (Å²) in [7, 11) is 0. The number of benzene rings is 2. The highest BCUT2D eigenvalue weighted by Gasteiger charge is 2.14. The first kappa shape index (κ1) is 14.8. The van der Waals surface area contributed by atoms with Crippen LogP contribution in [0.2, 0.25) is 0 Å². The van der Waals surface area contributed by atoms with E-state index in [1.54, 1.807) is 31.2 Å². The second-order valence-corrected chi connectivity index (χ2v) is 4.61. The summed E-state index contributed by atoms with van der Waals surface area (Å²) in [4.78, 5) is 12.1. The molecular weight excluding hydrogens is 271 g/mol. The molecule has 0 bridgehead atoms. The number of anilines is 2. The average Bonchev–Trinajstić information content (AvgIpc) is 2.45. The molecule has 2 aromatic carbocycles. The van der Waals surface area contributed by atoms with Crippen LogP contribution in [0.15, 0.2) is 36.4 Å². The van der Waals surface area contributed by atoms with Gasteiger partial charge < -0.3 is 15.8 Å². The molecule has 0 aliphatic rings. The summed E-state index contributed by atoms with van der Waals surface area (Å²) < 4.78 is 19.3. The van der Waals surface area contributed by atoms with Crippen molar-refractivity contribution in [3.63, 3.8) is 0 Å². The summed E-state index contributed by atoms with van der Waals surface area (Å²) in [5.74, 6) is -0.388. The lowest BCUT2D eigenvalue weighted by atomic mass is 10.1. The maximum atomic E-state index is 14.0.